The second-order valence-corrected chi connectivity index (χ2v) is 3.86. The molecule has 3 nitrogen and oxygen atoms in total. The number of methoxy groups -OCH3 is 1. The van der Waals surface area contributed by atoms with Crippen molar-refractivity contribution in [3.05, 3.63) is 66.0 Å². The summed E-state index contributed by atoms with van der Waals surface area (Å²) in [7, 11) is 1.64. The number of nitrogens with zero attached hydrogens (tertiary/aromatic N) is 1. The van der Waals surface area contributed by atoms with Crippen LogP contribution in [0.3, 0.4) is 0 Å². The Bertz CT molecular complexity index is 511. The minimum atomic E-state index is -0.616. The molecule has 0 amide bonds. The minimum Gasteiger partial charge on any atom is -0.497 e. The van der Waals surface area contributed by atoms with Crippen molar-refractivity contribution in [3.8, 4) is 5.75 Å². The van der Waals surface area contributed by atoms with E-state index in [1.807, 2.05) is 30.3 Å². The van der Waals surface area contributed by atoms with Crippen molar-refractivity contribution in [2.75, 3.05) is 7.11 Å². The number of aliphatic hydroxyl groups excluding tert-OH is 1. The maximum atomic E-state index is 9.94. The van der Waals surface area contributed by atoms with E-state index in [4.69, 9.17) is 4.74 Å². The number of hydrogen-bond acceptors (Lipinski definition) is 3. The largest absolute Gasteiger partial charge is 0.497 e. The van der Waals surface area contributed by atoms with Crippen LogP contribution in [-0.2, 0) is 0 Å². The number of rotatable bonds is 4. The van der Waals surface area contributed by atoms with E-state index >= 15 is 0 Å². The van der Waals surface area contributed by atoms with E-state index in [0.29, 0.717) is 0 Å². The van der Waals surface area contributed by atoms with Gasteiger partial charge in [-0.3, -0.25) is 4.98 Å². The number of aliphatic hydroxyl groups is 1. The van der Waals surface area contributed by atoms with Gasteiger partial charge in [0.05, 0.1) is 13.2 Å². The molecule has 1 N–H and O–H groups in total. The molecule has 0 aliphatic heterocycles. The molecule has 1 atom stereocenters. The quantitative estimate of drug-likeness (QED) is 0.933. The van der Waals surface area contributed by atoms with Crippen LogP contribution in [0.1, 0.15) is 17.2 Å². The lowest BCUT2D eigenvalue weighted by Crippen LogP contribution is -1.92. The van der Waals surface area contributed by atoms with Gasteiger partial charge < -0.3 is 9.84 Å². The molecule has 0 saturated carbocycles. The van der Waals surface area contributed by atoms with Crippen LogP contribution in [-0.4, -0.2) is 17.2 Å². The van der Waals surface area contributed by atoms with Crippen molar-refractivity contribution in [2.24, 2.45) is 0 Å². The normalized spacial score (nSPS) is 11.9. The topological polar surface area (TPSA) is 42.4 Å². The number of pyridine rings is 1. The molecule has 4 heteroatoms. The number of halogens is 1. The molecule has 2 aromatic rings. The van der Waals surface area contributed by atoms with Crippen LogP contribution in [0.25, 0.3) is 6.08 Å². The summed E-state index contributed by atoms with van der Waals surface area (Å²) in [5.74, 6) is 0.821. The second kappa shape index (κ2) is 7.56. The van der Waals surface area contributed by atoms with E-state index in [-0.39, 0.29) is 12.4 Å². The summed E-state index contributed by atoms with van der Waals surface area (Å²) in [4.78, 5) is 3.92. The maximum Gasteiger partial charge on any atom is 0.118 e. The first-order valence-electron chi connectivity index (χ1n) is 5.70. The van der Waals surface area contributed by atoms with Crippen molar-refractivity contribution in [1.29, 1.82) is 0 Å². The molecule has 0 radical (unpaired) electrons. The van der Waals surface area contributed by atoms with E-state index in [2.05, 4.69) is 4.98 Å². The summed E-state index contributed by atoms with van der Waals surface area (Å²) in [5, 5.41) is 9.94. The van der Waals surface area contributed by atoms with Gasteiger partial charge in [0.2, 0.25) is 0 Å². The fourth-order valence-corrected chi connectivity index (χ4v) is 1.59. The Morgan fingerprint density at radius 2 is 1.74 bits per heavy atom. The van der Waals surface area contributed by atoms with Gasteiger partial charge in [-0.15, -0.1) is 12.4 Å². The van der Waals surface area contributed by atoms with Gasteiger partial charge in [-0.1, -0.05) is 24.3 Å². The molecule has 1 heterocycles. The standard InChI is InChI=1S/C15H15NO2.ClH/c1-18-14-5-2-12(3-6-14)4-7-15(17)13-8-10-16-11-9-13;/h2-11,15,17H,1H3;1H/b7-4+;. The van der Waals surface area contributed by atoms with Crippen LogP contribution < -0.4 is 4.74 Å². The zero-order valence-electron chi connectivity index (χ0n) is 10.6. The molecule has 1 unspecified atom stereocenters. The third-order valence-electron chi connectivity index (χ3n) is 2.63. The summed E-state index contributed by atoms with van der Waals surface area (Å²) < 4.78 is 5.08. The van der Waals surface area contributed by atoms with Crippen LogP contribution in [0.2, 0.25) is 0 Å². The van der Waals surface area contributed by atoms with E-state index in [9.17, 15) is 5.11 Å². The van der Waals surface area contributed by atoms with Crippen LogP contribution >= 0.6 is 12.4 Å². The third-order valence-corrected chi connectivity index (χ3v) is 2.63. The first-order valence-corrected chi connectivity index (χ1v) is 5.70. The average Bonchev–Trinajstić information content (AvgIpc) is 2.46. The summed E-state index contributed by atoms with van der Waals surface area (Å²) in [5.41, 5.74) is 1.85. The van der Waals surface area contributed by atoms with E-state index in [1.54, 1.807) is 37.7 Å². The SMILES string of the molecule is COc1ccc(/C=C/C(O)c2ccncc2)cc1.Cl. The molecule has 0 bridgehead atoms. The Kier molecular flexibility index (Phi) is 6.06. The Morgan fingerprint density at radius 1 is 1.11 bits per heavy atom. The first-order chi connectivity index (χ1) is 8.79. The maximum absolute atomic E-state index is 9.94. The number of hydrogen-bond donors (Lipinski definition) is 1. The summed E-state index contributed by atoms with van der Waals surface area (Å²) in [6.07, 6.45) is 6.34. The van der Waals surface area contributed by atoms with Crippen molar-refractivity contribution >= 4 is 18.5 Å². The fourth-order valence-electron chi connectivity index (χ4n) is 1.59. The van der Waals surface area contributed by atoms with Gasteiger partial charge in [-0.05, 0) is 35.4 Å². The van der Waals surface area contributed by atoms with Crippen molar-refractivity contribution < 1.29 is 9.84 Å². The highest BCUT2D eigenvalue weighted by atomic mass is 35.5. The fraction of sp³-hybridized carbons (Fsp3) is 0.133. The van der Waals surface area contributed by atoms with Gasteiger partial charge in [-0.25, -0.2) is 0 Å². The Hall–Kier alpha value is -1.84. The van der Waals surface area contributed by atoms with Gasteiger partial charge in [0.1, 0.15) is 5.75 Å². The van der Waals surface area contributed by atoms with Gasteiger partial charge in [-0.2, -0.15) is 0 Å². The molecule has 0 spiro atoms. The molecule has 1 aromatic carbocycles. The van der Waals surface area contributed by atoms with E-state index in [1.165, 1.54) is 0 Å². The number of aromatic nitrogens is 1. The highest BCUT2D eigenvalue weighted by molar-refractivity contribution is 5.85. The van der Waals surface area contributed by atoms with Crippen molar-refractivity contribution in [2.45, 2.75) is 6.10 Å². The Morgan fingerprint density at radius 3 is 2.32 bits per heavy atom. The molecule has 19 heavy (non-hydrogen) atoms. The highest BCUT2D eigenvalue weighted by Crippen LogP contribution is 2.16. The lowest BCUT2D eigenvalue weighted by molar-refractivity contribution is 0.229. The summed E-state index contributed by atoms with van der Waals surface area (Å²) in [6, 6.07) is 11.2. The zero-order chi connectivity index (χ0) is 12.8. The molecular formula is C15H16ClNO2. The molecule has 1 aromatic heterocycles. The Labute approximate surface area is 119 Å². The van der Waals surface area contributed by atoms with Gasteiger partial charge in [0.25, 0.3) is 0 Å². The first kappa shape index (κ1) is 15.2. The van der Waals surface area contributed by atoms with Gasteiger partial charge in [0.15, 0.2) is 0 Å². The smallest absolute Gasteiger partial charge is 0.118 e. The zero-order valence-corrected chi connectivity index (χ0v) is 11.4. The van der Waals surface area contributed by atoms with Crippen LogP contribution in [0.4, 0.5) is 0 Å². The van der Waals surface area contributed by atoms with E-state index < -0.39 is 6.10 Å². The molecule has 2 rings (SSSR count). The molecule has 0 fully saturated rings. The third kappa shape index (κ3) is 4.39. The van der Waals surface area contributed by atoms with Gasteiger partial charge >= 0.3 is 0 Å². The lowest BCUT2D eigenvalue weighted by atomic mass is 10.1. The summed E-state index contributed by atoms with van der Waals surface area (Å²) >= 11 is 0. The summed E-state index contributed by atoms with van der Waals surface area (Å²) in [6.45, 7) is 0. The highest BCUT2D eigenvalue weighted by Gasteiger charge is 2.01. The van der Waals surface area contributed by atoms with Gasteiger partial charge in [0, 0.05) is 12.4 Å². The molecule has 0 aliphatic rings. The minimum absolute atomic E-state index is 0. The molecule has 0 saturated heterocycles. The molecule has 0 aliphatic carbocycles. The van der Waals surface area contributed by atoms with Crippen LogP contribution in [0, 0.1) is 0 Å². The predicted octanol–water partition coefficient (Wildman–Crippen LogP) is 3.26. The lowest BCUT2D eigenvalue weighted by Gasteiger charge is -2.05. The molecular weight excluding hydrogens is 262 g/mol. The van der Waals surface area contributed by atoms with Crippen molar-refractivity contribution in [3.63, 3.8) is 0 Å². The van der Waals surface area contributed by atoms with Crippen LogP contribution in [0.5, 0.6) is 5.75 Å². The second-order valence-electron chi connectivity index (χ2n) is 3.86. The molecule has 100 valence electrons. The predicted molar refractivity (Wildman–Crippen MR) is 78.5 cm³/mol. The Balaban J connectivity index is 0.00000180. The number of benzene rings is 1. The van der Waals surface area contributed by atoms with E-state index in [0.717, 1.165) is 16.9 Å². The van der Waals surface area contributed by atoms with Crippen molar-refractivity contribution in [1.82, 2.24) is 4.98 Å². The average molecular weight is 278 g/mol. The monoisotopic (exact) mass is 277 g/mol. The number of ether oxygens (including phenoxy) is 1. The van der Waals surface area contributed by atoms with Crippen LogP contribution in [0.15, 0.2) is 54.9 Å².